The van der Waals surface area contributed by atoms with Gasteiger partial charge in [0.1, 0.15) is 5.75 Å². The van der Waals surface area contributed by atoms with E-state index in [0.717, 1.165) is 13.1 Å². The van der Waals surface area contributed by atoms with Crippen LogP contribution in [-0.4, -0.2) is 28.6 Å². The molecular formula is C13H22N2O. The molecule has 1 aromatic rings. The SMILES string of the molecule is CCN(Cc1ccc(O)cc1)C(C)(C)CN. The van der Waals surface area contributed by atoms with Crippen molar-refractivity contribution in [2.24, 2.45) is 5.73 Å². The first kappa shape index (κ1) is 13.0. The Morgan fingerprint density at radius 3 is 2.25 bits per heavy atom. The van der Waals surface area contributed by atoms with E-state index in [4.69, 9.17) is 5.73 Å². The Labute approximate surface area is 97.9 Å². The Morgan fingerprint density at radius 1 is 1.25 bits per heavy atom. The molecule has 1 rings (SSSR count). The summed E-state index contributed by atoms with van der Waals surface area (Å²) in [6.07, 6.45) is 0. The molecule has 0 saturated heterocycles. The van der Waals surface area contributed by atoms with Crippen molar-refractivity contribution in [1.29, 1.82) is 0 Å². The summed E-state index contributed by atoms with van der Waals surface area (Å²) in [5.41, 5.74) is 6.98. The van der Waals surface area contributed by atoms with E-state index in [1.807, 2.05) is 12.1 Å². The molecule has 3 N–H and O–H groups in total. The summed E-state index contributed by atoms with van der Waals surface area (Å²) >= 11 is 0. The van der Waals surface area contributed by atoms with Crippen molar-refractivity contribution in [2.75, 3.05) is 13.1 Å². The van der Waals surface area contributed by atoms with Gasteiger partial charge in [0.15, 0.2) is 0 Å². The summed E-state index contributed by atoms with van der Waals surface area (Å²) in [4.78, 5) is 2.33. The van der Waals surface area contributed by atoms with Gasteiger partial charge < -0.3 is 10.8 Å². The fraction of sp³-hybridized carbons (Fsp3) is 0.538. The Morgan fingerprint density at radius 2 is 1.81 bits per heavy atom. The first-order valence-electron chi connectivity index (χ1n) is 5.72. The lowest BCUT2D eigenvalue weighted by molar-refractivity contribution is 0.126. The number of likely N-dealkylation sites (N-methyl/N-ethyl adjacent to an activating group) is 1. The van der Waals surface area contributed by atoms with Crippen LogP contribution in [0.25, 0.3) is 0 Å². The van der Waals surface area contributed by atoms with Gasteiger partial charge in [0.2, 0.25) is 0 Å². The summed E-state index contributed by atoms with van der Waals surface area (Å²) < 4.78 is 0. The van der Waals surface area contributed by atoms with Gasteiger partial charge in [-0.05, 0) is 38.1 Å². The molecule has 0 fully saturated rings. The first-order chi connectivity index (χ1) is 7.49. The van der Waals surface area contributed by atoms with E-state index < -0.39 is 0 Å². The fourth-order valence-corrected chi connectivity index (χ4v) is 1.70. The number of benzene rings is 1. The number of hydrogen-bond donors (Lipinski definition) is 2. The minimum atomic E-state index is 0.00658. The summed E-state index contributed by atoms with van der Waals surface area (Å²) in [5, 5.41) is 9.22. The molecule has 0 amide bonds. The normalized spacial score (nSPS) is 12.1. The molecule has 90 valence electrons. The maximum atomic E-state index is 9.22. The van der Waals surface area contributed by atoms with Crippen molar-refractivity contribution in [2.45, 2.75) is 32.9 Å². The van der Waals surface area contributed by atoms with E-state index in [0.29, 0.717) is 12.3 Å². The van der Waals surface area contributed by atoms with Crippen molar-refractivity contribution in [3.8, 4) is 5.75 Å². The van der Waals surface area contributed by atoms with Gasteiger partial charge in [-0.15, -0.1) is 0 Å². The fourth-order valence-electron chi connectivity index (χ4n) is 1.70. The molecule has 0 bridgehead atoms. The van der Waals surface area contributed by atoms with Crippen LogP contribution in [0, 0.1) is 0 Å². The zero-order chi connectivity index (χ0) is 12.2. The summed E-state index contributed by atoms with van der Waals surface area (Å²) in [5.74, 6) is 0.310. The molecule has 0 aliphatic carbocycles. The summed E-state index contributed by atoms with van der Waals surface area (Å²) in [6, 6.07) is 7.34. The Balaban J connectivity index is 2.74. The average Bonchev–Trinajstić information content (AvgIpc) is 2.28. The van der Waals surface area contributed by atoms with Gasteiger partial charge >= 0.3 is 0 Å². The van der Waals surface area contributed by atoms with Crippen molar-refractivity contribution < 1.29 is 5.11 Å². The van der Waals surface area contributed by atoms with E-state index in [2.05, 4.69) is 25.7 Å². The molecular weight excluding hydrogens is 200 g/mol. The van der Waals surface area contributed by atoms with Gasteiger partial charge in [-0.3, -0.25) is 4.90 Å². The molecule has 0 aliphatic rings. The van der Waals surface area contributed by atoms with Gasteiger partial charge in [0.05, 0.1) is 0 Å². The molecule has 0 aliphatic heterocycles. The third-order valence-corrected chi connectivity index (χ3v) is 3.05. The lowest BCUT2D eigenvalue weighted by atomic mass is 10.0. The van der Waals surface area contributed by atoms with Crippen LogP contribution in [0.3, 0.4) is 0 Å². The number of phenols is 1. The highest BCUT2D eigenvalue weighted by atomic mass is 16.3. The van der Waals surface area contributed by atoms with Crippen LogP contribution in [0.2, 0.25) is 0 Å². The number of nitrogens with two attached hydrogens (primary N) is 1. The molecule has 0 spiro atoms. The molecule has 0 heterocycles. The highest BCUT2D eigenvalue weighted by Gasteiger charge is 2.23. The second-order valence-electron chi connectivity index (χ2n) is 4.70. The predicted molar refractivity (Wildman–Crippen MR) is 67.3 cm³/mol. The van der Waals surface area contributed by atoms with Crippen LogP contribution in [0.1, 0.15) is 26.3 Å². The quantitative estimate of drug-likeness (QED) is 0.800. The largest absolute Gasteiger partial charge is 0.508 e. The van der Waals surface area contributed by atoms with Crippen LogP contribution in [0.4, 0.5) is 0 Å². The van der Waals surface area contributed by atoms with Crippen LogP contribution >= 0.6 is 0 Å². The third kappa shape index (κ3) is 3.22. The van der Waals surface area contributed by atoms with E-state index in [1.54, 1.807) is 12.1 Å². The van der Waals surface area contributed by atoms with Crippen molar-refractivity contribution in [3.05, 3.63) is 29.8 Å². The number of nitrogens with zero attached hydrogens (tertiary/aromatic N) is 1. The Kier molecular flexibility index (Phi) is 4.33. The lowest BCUT2D eigenvalue weighted by Crippen LogP contribution is -2.48. The van der Waals surface area contributed by atoms with Crippen molar-refractivity contribution >= 4 is 0 Å². The van der Waals surface area contributed by atoms with Gasteiger partial charge in [-0.1, -0.05) is 19.1 Å². The minimum Gasteiger partial charge on any atom is -0.508 e. The zero-order valence-corrected chi connectivity index (χ0v) is 10.4. The molecule has 16 heavy (non-hydrogen) atoms. The topological polar surface area (TPSA) is 49.5 Å². The van der Waals surface area contributed by atoms with Gasteiger partial charge in [0, 0.05) is 18.6 Å². The monoisotopic (exact) mass is 222 g/mol. The van der Waals surface area contributed by atoms with Crippen LogP contribution in [0.15, 0.2) is 24.3 Å². The van der Waals surface area contributed by atoms with E-state index in [1.165, 1.54) is 5.56 Å². The number of aromatic hydroxyl groups is 1. The molecule has 0 aromatic heterocycles. The molecule has 3 nitrogen and oxygen atoms in total. The third-order valence-electron chi connectivity index (χ3n) is 3.05. The van der Waals surface area contributed by atoms with Crippen LogP contribution in [0.5, 0.6) is 5.75 Å². The molecule has 0 radical (unpaired) electrons. The summed E-state index contributed by atoms with van der Waals surface area (Å²) in [6.45, 7) is 8.90. The van der Waals surface area contributed by atoms with E-state index in [9.17, 15) is 5.11 Å². The number of rotatable bonds is 5. The molecule has 0 saturated carbocycles. The van der Waals surface area contributed by atoms with Crippen LogP contribution in [-0.2, 0) is 6.54 Å². The zero-order valence-electron chi connectivity index (χ0n) is 10.4. The molecule has 0 atom stereocenters. The molecule has 0 unspecified atom stereocenters. The van der Waals surface area contributed by atoms with Gasteiger partial charge in [-0.2, -0.15) is 0 Å². The second kappa shape index (κ2) is 5.32. The maximum absolute atomic E-state index is 9.22. The number of hydrogen-bond acceptors (Lipinski definition) is 3. The highest BCUT2D eigenvalue weighted by molar-refractivity contribution is 5.25. The van der Waals surface area contributed by atoms with Crippen LogP contribution < -0.4 is 5.73 Å². The summed E-state index contributed by atoms with van der Waals surface area (Å²) in [7, 11) is 0. The van der Waals surface area contributed by atoms with Gasteiger partial charge in [0.25, 0.3) is 0 Å². The second-order valence-corrected chi connectivity index (χ2v) is 4.70. The lowest BCUT2D eigenvalue weighted by Gasteiger charge is -2.37. The highest BCUT2D eigenvalue weighted by Crippen LogP contribution is 2.18. The average molecular weight is 222 g/mol. The van der Waals surface area contributed by atoms with E-state index in [-0.39, 0.29) is 5.54 Å². The van der Waals surface area contributed by atoms with E-state index >= 15 is 0 Å². The Hall–Kier alpha value is -1.06. The smallest absolute Gasteiger partial charge is 0.115 e. The Bertz CT molecular complexity index is 319. The first-order valence-corrected chi connectivity index (χ1v) is 5.72. The predicted octanol–water partition coefficient (Wildman–Crippen LogP) is 1.95. The minimum absolute atomic E-state index is 0.00658. The van der Waals surface area contributed by atoms with Crippen molar-refractivity contribution in [3.63, 3.8) is 0 Å². The van der Waals surface area contributed by atoms with Crippen molar-refractivity contribution in [1.82, 2.24) is 4.90 Å². The molecule has 1 aromatic carbocycles. The number of phenolic OH excluding ortho intramolecular Hbond substituents is 1. The van der Waals surface area contributed by atoms with Gasteiger partial charge in [-0.25, -0.2) is 0 Å². The standard InChI is InChI=1S/C13H22N2O/c1-4-15(13(2,3)10-14)9-11-5-7-12(16)8-6-11/h5-8,16H,4,9-10,14H2,1-3H3. The molecule has 3 heteroatoms. The maximum Gasteiger partial charge on any atom is 0.115 e.